The van der Waals surface area contributed by atoms with E-state index in [9.17, 15) is 4.79 Å². The van der Waals surface area contributed by atoms with Crippen LogP contribution in [0.3, 0.4) is 0 Å². The third kappa shape index (κ3) is 11.2. The van der Waals surface area contributed by atoms with E-state index >= 15 is 0 Å². The smallest absolute Gasteiger partial charge is 0.241 e. The fraction of sp³-hybridized carbons (Fsp3) is 0.529. The van der Waals surface area contributed by atoms with Crippen LogP contribution in [0.25, 0.3) is 0 Å². The highest BCUT2D eigenvalue weighted by atomic mass is 127. The quantitative estimate of drug-likeness (QED) is 0.246. The van der Waals surface area contributed by atoms with Crippen molar-refractivity contribution in [3.63, 3.8) is 0 Å². The van der Waals surface area contributed by atoms with Gasteiger partial charge in [-0.2, -0.15) is 0 Å². The predicted octanol–water partition coefficient (Wildman–Crippen LogP) is 2.51. The Morgan fingerprint density at radius 2 is 1.92 bits per heavy atom. The van der Waals surface area contributed by atoms with Crippen LogP contribution in [0.5, 0.6) is 0 Å². The minimum Gasteiger partial charge on any atom is -0.382 e. The fourth-order valence-corrected chi connectivity index (χ4v) is 1.90. The molecule has 0 aromatic heterocycles. The monoisotopic (exact) mass is 482 g/mol. The summed E-state index contributed by atoms with van der Waals surface area (Å²) in [6.45, 7) is 4.82. The summed E-state index contributed by atoms with van der Waals surface area (Å²) in [5.41, 5.74) is 1.05. The molecule has 142 valence electrons. The third-order valence-electron chi connectivity index (χ3n) is 3.20. The zero-order valence-corrected chi connectivity index (χ0v) is 18.1. The molecule has 1 aromatic carbocycles. The molecule has 1 amide bonds. The van der Waals surface area contributed by atoms with Crippen LogP contribution in [0.4, 0.5) is 0 Å². The van der Waals surface area contributed by atoms with E-state index < -0.39 is 0 Å². The summed E-state index contributed by atoms with van der Waals surface area (Å²) in [6.07, 6.45) is 0.872. The molecule has 0 bridgehead atoms. The number of aliphatic imine (C=N–C) groups is 1. The average molecular weight is 483 g/mol. The molecule has 0 radical (unpaired) electrons. The number of carbonyl (C=O) groups is 1. The summed E-state index contributed by atoms with van der Waals surface area (Å²) in [7, 11) is 3.45. The maximum absolute atomic E-state index is 11.7. The lowest BCUT2D eigenvalue weighted by molar-refractivity contribution is -0.127. The van der Waals surface area contributed by atoms with Crippen LogP contribution in [-0.2, 0) is 16.1 Å². The van der Waals surface area contributed by atoms with Gasteiger partial charge in [0.1, 0.15) is 0 Å². The molecule has 0 aliphatic carbocycles. The number of guanidine groups is 1. The van der Waals surface area contributed by atoms with Crippen molar-refractivity contribution in [1.82, 2.24) is 15.5 Å². The Bertz CT molecular complexity index is 524. The number of rotatable bonds is 9. The summed E-state index contributed by atoms with van der Waals surface area (Å²) in [5, 5.41) is 6.97. The lowest BCUT2D eigenvalue weighted by Crippen LogP contribution is -2.43. The largest absolute Gasteiger partial charge is 0.382 e. The van der Waals surface area contributed by atoms with Crippen molar-refractivity contribution in [1.29, 1.82) is 0 Å². The molecule has 0 aliphatic rings. The molecule has 0 fully saturated rings. The maximum Gasteiger partial charge on any atom is 0.241 e. The van der Waals surface area contributed by atoms with Crippen molar-refractivity contribution in [3.8, 4) is 0 Å². The van der Waals surface area contributed by atoms with Gasteiger partial charge >= 0.3 is 0 Å². The minimum atomic E-state index is -0.00897. The van der Waals surface area contributed by atoms with Crippen molar-refractivity contribution < 1.29 is 9.53 Å². The fourth-order valence-electron chi connectivity index (χ4n) is 1.78. The van der Waals surface area contributed by atoms with E-state index in [0.29, 0.717) is 30.7 Å². The van der Waals surface area contributed by atoms with Gasteiger partial charge in [-0.25, -0.2) is 4.99 Å². The van der Waals surface area contributed by atoms with E-state index in [0.717, 1.165) is 18.5 Å². The number of hydrogen-bond donors (Lipinski definition) is 2. The molecular formula is C17H28ClIN4O2. The van der Waals surface area contributed by atoms with E-state index in [1.165, 1.54) is 0 Å². The molecule has 1 aromatic rings. The first kappa shape index (κ1) is 23.9. The molecule has 2 N–H and O–H groups in total. The van der Waals surface area contributed by atoms with Crippen LogP contribution in [-0.4, -0.2) is 57.2 Å². The third-order valence-corrected chi connectivity index (χ3v) is 3.45. The summed E-state index contributed by atoms with van der Waals surface area (Å²) >= 11 is 5.88. The molecule has 0 aliphatic heterocycles. The van der Waals surface area contributed by atoms with Crippen LogP contribution in [0.1, 0.15) is 18.9 Å². The Kier molecular flexibility index (Phi) is 13.5. The van der Waals surface area contributed by atoms with Gasteiger partial charge < -0.3 is 20.3 Å². The van der Waals surface area contributed by atoms with Gasteiger partial charge in [0.25, 0.3) is 0 Å². The first-order chi connectivity index (χ1) is 11.5. The summed E-state index contributed by atoms with van der Waals surface area (Å²) in [5.74, 6) is 0.599. The standard InChI is InChI=1S/C17H27ClN4O2.HI/c1-4-24-11-5-10-19-17(21-13-16(23)22(2)3)20-12-14-6-8-15(18)9-7-14;/h6-9H,4-5,10-13H2,1-3H3,(H2,19,20,21);1H. The molecule has 25 heavy (non-hydrogen) atoms. The highest BCUT2D eigenvalue weighted by molar-refractivity contribution is 14.0. The first-order valence-corrected chi connectivity index (χ1v) is 8.45. The van der Waals surface area contributed by atoms with Crippen LogP contribution in [0, 0.1) is 0 Å². The van der Waals surface area contributed by atoms with Gasteiger partial charge in [-0.1, -0.05) is 23.7 Å². The van der Waals surface area contributed by atoms with Gasteiger partial charge in [0.15, 0.2) is 5.96 Å². The first-order valence-electron chi connectivity index (χ1n) is 8.07. The average Bonchev–Trinajstić information content (AvgIpc) is 2.57. The molecule has 6 nitrogen and oxygen atoms in total. The van der Waals surface area contributed by atoms with Gasteiger partial charge in [-0.3, -0.25) is 4.79 Å². The van der Waals surface area contributed by atoms with E-state index in [1.54, 1.807) is 19.0 Å². The van der Waals surface area contributed by atoms with Gasteiger partial charge in [-0.05, 0) is 31.0 Å². The Labute approximate surface area is 172 Å². The van der Waals surface area contributed by atoms with Crippen LogP contribution in [0.2, 0.25) is 5.02 Å². The number of hydrogen-bond acceptors (Lipinski definition) is 3. The number of likely N-dealkylation sites (N-methyl/N-ethyl adjacent to an activating group) is 1. The second-order valence-electron chi connectivity index (χ2n) is 5.41. The van der Waals surface area contributed by atoms with Gasteiger partial charge in [0, 0.05) is 38.9 Å². The number of benzene rings is 1. The lowest BCUT2D eigenvalue weighted by Gasteiger charge is -2.15. The predicted molar refractivity (Wildman–Crippen MR) is 114 cm³/mol. The normalized spacial score (nSPS) is 10.8. The molecule has 1 rings (SSSR count). The van der Waals surface area contributed by atoms with Crippen molar-refractivity contribution >= 4 is 47.4 Å². The maximum atomic E-state index is 11.7. The number of amides is 1. The molecule has 0 atom stereocenters. The number of nitrogens with zero attached hydrogens (tertiary/aromatic N) is 2. The lowest BCUT2D eigenvalue weighted by atomic mass is 10.2. The van der Waals surface area contributed by atoms with Crippen LogP contribution >= 0.6 is 35.6 Å². The van der Waals surface area contributed by atoms with Crippen molar-refractivity contribution in [3.05, 3.63) is 34.9 Å². The van der Waals surface area contributed by atoms with Gasteiger partial charge in [0.05, 0.1) is 13.1 Å². The Morgan fingerprint density at radius 1 is 1.24 bits per heavy atom. The van der Waals surface area contributed by atoms with Crippen molar-refractivity contribution in [2.45, 2.75) is 19.9 Å². The highest BCUT2D eigenvalue weighted by Crippen LogP contribution is 2.10. The van der Waals surface area contributed by atoms with Crippen LogP contribution < -0.4 is 10.6 Å². The van der Waals surface area contributed by atoms with Gasteiger partial charge in [0.2, 0.25) is 5.91 Å². The van der Waals surface area contributed by atoms with Crippen LogP contribution in [0.15, 0.2) is 29.3 Å². The van der Waals surface area contributed by atoms with Crippen molar-refractivity contribution in [2.24, 2.45) is 4.99 Å². The second kappa shape index (κ2) is 14.1. The molecule has 0 spiro atoms. The van der Waals surface area contributed by atoms with E-state index in [2.05, 4.69) is 15.6 Å². The van der Waals surface area contributed by atoms with Crippen molar-refractivity contribution in [2.75, 3.05) is 40.4 Å². The molecular weight excluding hydrogens is 455 g/mol. The highest BCUT2D eigenvalue weighted by Gasteiger charge is 2.05. The minimum absolute atomic E-state index is 0. The van der Waals surface area contributed by atoms with E-state index in [-0.39, 0.29) is 36.4 Å². The number of ether oxygens (including phenoxy) is 1. The zero-order valence-electron chi connectivity index (χ0n) is 15.0. The molecule has 0 saturated heterocycles. The molecule has 0 heterocycles. The zero-order chi connectivity index (χ0) is 17.8. The number of nitrogens with one attached hydrogen (secondary N) is 2. The van der Waals surface area contributed by atoms with Gasteiger partial charge in [-0.15, -0.1) is 24.0 Å². The van der Waals surface area contributed by atoms with E-state index in [1.807, 2.05) is 31.2 Å². The SMILES string of the molecule is CCOCCCNC(=NCc1ccc(Cl)cc1)NCC(=O)N(C)C.I. The Morgan fingerprint density at radius 3 is 2.52 bits per heavy atom. The Hall–Kier alpha value is -1.06. The number of carbonyl (C=O) groups excluding carboxylic acids is 1. The molecule has 8 heteroatoms. The Balaban J connectivity index is 0.00000576. The summed E-state index contributed by atoms with van der Waals surface area (Å²) in [4.78, 5) is 17.8. The number of halogens is 2. The van der Waals surface area contributed by atoms with E-state index in [4.69, 9.17) is 16.3 Å². The summed E-state index contributed by atoms with van der Waals surface area (Å²) in [6, 6.07) is 7.54. The topological polar surface area (TPSA) is 66.0 Å². The summed E-state index contributed by atoms with van der Waals surface area (Å²) < 4.78 is 5.31. The second-order valence-corrected chi connectivity index (χ2v) is 5.85. The molecule has 0 unspecified atom stereocenters. The molecule has 0 saturated carbocycles.